The Labute approximate surface area is 180 Å². The lowest BCUT2D eigenvalue weighted by Gasteiger charge is -2.23. The van der Waals surface area contributed by atoms with E-state index < -0.39 is 0 Å². The molecule has 0 saturated carbocycles. The van der Waals surface area contributed by atoms with Gasteiger partial charge in [0.15, 0.2) is 0 Å². The molecule has 7 nitrogen and oxygen atoms in total. The largest absolute Gasteiger partial charge is 0.438 e. The van der Waals surface area contributed by atoms with Gasteiger partial charge in [-0.1, -0.05) is 13.8 Å². The molecule has 3 aromatic rings. The average molecular weight is 413 g/mol. The second-order valence-electron chi connectivity index (χ2n) is 8.17. The first-order valence-corrected chi connectivity index (χ1v) is 10.3. The number of aromatic nitrogens is 2. The second kappa shape index (κ2) is 8.49. The van der Waals surface area contributed by atoms with E-state index in [2.05, 4.69) is 29.0 Å². The van der Waals surface area contributed by atoms with Gasteiger partial charge in [-0.3, -0.25) is 4.79 Å². The molecule has 1 aliphatic heterocycles. The van der Waals surface area contributed by atoms with Gasteiger partial charge in [0.25, 0.3) is 0 Å². The number of carbonyl (C=O) groups is 1. The van der Waals surface area contributed by atoms with Crippen molar-refractivity contribution in [3.8, 4) is 23.8 Å². The molecule has 0 radical (unpaired) electrons. The Bertz CT molecular complexity index is 1200. The fourth-order valence-corrected chi connectivity index (χ4v) is 4.17. The third kappa shape index (κ3) is 4.08. The summed E-state index contributed by atoms with van der Waals surface area (Å²) in [6.07, 6.45) is 4.78. The molecule has 4 rings (SSSR count). The minimum atomic E-state index is -0.333. The number of H-pyrrole nitrogens is 1. The summed E-state index contributed by atoms with van der Waals surface area (Å²) in [5, 5.41) is 19.6. The standard InChI is InChI=1S/C24H23N5O2/c1-15-8-19(12-26)29(14-15)24(30)16(2)9-18-13-28-22-6-5-20(10-21(18)22)31-23-17(11-25)4-3-7-27-23/h3-7,10,13,15-16,19,28H,8-9,14H2,1-2H3/t15-,16-,19-/m0/s1. The molecule has 3 atom stereocenters. The van der Waals surface area contributed by atoms with Crippen LogP contribution in [0.15, 0.2) is 42.7 Å². The van der Waals surface area contributed by atoms with E-state index in [9.17, 15) is 15.3 Å². The number of ether oxygens (including phenoxy) is 1. The van der Waals surface area contributed by atoms with Crippen LogP contribution in [0.25, 0.3) is 10.9 Å². The lowest BCUT2D eigenvalue weighted by Crippen LogP contribution is -2.39. The first-order valence-electron chi connectivity index (χ1n) is 10.3. The molecule has 7 heteroatoms. The van der Waals surface area contributed by atoms with Gasteiger partial charge in [-0.25, -0.2) is 4.98 Å². The molecular weight excluding hydrogens is 390 g/mol. The molecule has 1 aliphatic rings. The Balaban J connectivity index is 1.55. The third-order valence-corrected chi connectivity index (χ3v) is 5.74. The van der Waals surface area contributed by atoms with Gasteiger partial charge >= 0.3 is 0 Å². The molecule has 0 spiro atoms. The van der Waals surface area contributed by atoms with E-state index >= 15 is 0 Å². The lowest BCUT2D eigenvalue weighted by molar-refractivity contribution is -0.135. The van der Waals surface area contributed by atoms with Crippen LogP contribution in [0.1, 0.15) is 31.4 Å². The molecule has 2 aromatic heterocycles. The van der Waals surface area contributed by atoms with Gasteiger partial charge in [0.05, 0.1) is 6.07 Å². The van der Waals surface area contributed by atoms with Crippen LogP contribution in [0, 0.1) is 34.5 Å². The van der Waals surface area contributed by atoms with Crippen LogP contribution < -0.4 is 4.74 Å². The zero-order valence-corrected chi connectivity index (χ0v) is 17.5. The minimum Gasteiger partial charge on any atom is -0.438 e. The molecule has 0 unspecified atom stereocenters. The molecule has 156 valence electrons. The maximum absolute atomic E-state index is 13.0. The SMILES string of the molecule is C[C@H]1C[C@@H](C#N)N(C(=O)[C@@H](C)Cc2c[nH]c3ccc(Oc4ncccc4C#N)cc23)C1. The number of hydrogen-bond acceptors (Lipinski definition) is 5. The number of nitrogens with zero attached hydrogens (tertiary/aromatic N) is 4. The predicted molar refractivity (Wildman–Crippen MR) is 115 cm³/mol. The summed E-state index contributed by atoms with van der Waals surface area (Å²) >= 11 is 0. The molecule has 1 aromatic carbocycles. The van der Waals surface area contributed by atoms with Gasteiger partial charge in [-0.05, 0) is 54.7 Å². The second-order valence-corrected chi connectivity index (χ2v) is 8.17. The molecule has 1 amide bonds. The molecule has 0 aliphatic carbocycles. The van der Waals surface area contributed by atoms with E-state index in [0.717, 1.165) is 22.9 Å². The zero-order valence-electron chi connectivity index (χ0n) is 17.5. The van der Waals surface area contributed by atoms with Crippen LogP contribution in [0.2, 0.25) is 0 Å². The minimum absolute atomic E-state index is 0.0183. The molecule has 0 bridgehead atoms. The van der Waals surface area contributed by atoms with Crippen molar-refractivity contribution >= 4 is 16.8 Å². The van der Waals surface area contributed by atoms with Crippen LogP contribution in [-0.2, 0) is 11.2 Å². The van der Waals surface area contributed by atoms with Gasteiger partial charge < -0.3 is 14.6 Å². The van der Waals surface area contributed by atoms with E-state index in [1.54, 1.807) is 23.2 Å². The molecule has 1 saturated heterocycles. The summed E-state index contributed by atoms with van der Waals surface area (Å²) in [5.41, 5.74) is 2.31. The topological polar surface area (TPSA) is 106 Å². The number of nitrogens with one attached hydrogen (secondary N) is 1. The normalized spacial score (nSPS) is 19.0. The number of fused-ring (bicyclic) bond motifs is 1. The molecule has 1 fully saturated rings. The van der Waals surface area contributed by atoms with Crippen LogP contribution in [-0.4, -0.2) is 33.4 Å². The van der Waals surface area contributed by atoms with Gasteiger partial charge in [0, 0.05) is 35.8 Å². The van der Waals surface area contributed by atoms with Crippen LogP contribution >= 0.6 is 0 Å². The number of carbonyl (C=O) groups excluding carboxylic acids is 1. The summed E-state index contributed by atoms with van der Waals surface area (Å²) in [5.74, 6) is 0.949. The van der Waals surface area contributed by atoms with Crippen molar-refractivity contribution < 1.29 is 9.53 Å². The number of amides is 1. The highest BCUT2D eigenvalue weighted by atomic mass is 16.5. The van der Waals surface area contributed by atoms with Crippen molar-refractivity contribution in [2.24, 2.45) is 11.8 Å². The number of rotatable bonds is 5. The highest BCUT2D eigenvalue weighted by Crippen LogP contribution is 2.30. The fourth-order valence-electron chi connectivity index (χ4n) is 4.17. The van der Waals surface area contributed by atoms with Crippen molar-refractivity contribution in [2.45, 2.75) is 32.7 Å². The van der Waals surface area contributed by atoms with E-state index in [4.69, 9.17) is 4.74 Å². The number of likely N-dealkylation sites (tertiary alicyclic amines) is 1. The monoisotopic (exact) mass is 413 g/mol. The van der Waals surface area contributed by atoms with Crippen LogP contribution in [0.5, 0.6) is 11.6 Å². The Kier molecular flexibility index (Phi) is 5.60. The Morgan fingerprint density at radius 3 is 3.00 bits per heavy atom. The number of aromatic amines is 1. The number of benzene rings is 1. The van der Waals surface area contributed by atoms with Crippen molar-refractivity contribution in [1.29, 1.82) is 10.5 Å². The van der Waals surface area contributed by atoms with Gasteiger partial charge in [0.2, 0.25) is 11.8 Å². The third-order valence-electron chi connectivity index (χ3n) is 5.74. The van der Waals surface area contributed by atoms with Crippen molar-refractivity contribution in [2.75, 3.05) is 6.54 Å². The number of nitriles is 2. The van der Waals surface area contributed by atoms with Gasteiger partial charge in [-0.15, -0.1) is 0 Å². The van der Waals surface area contributed by atoms with Gasteiger partial charge in [0.1, 0.15) is 23.4 Å². The van der Waals surface area contributed by atoms with Crippen molar-refractivity contribution in [1.82, 2.24) is 14.9 Å². The van der Waals surface area contributed by atoms with Crippen LogP contribution in [0.4, 0.5) is 0 Å². The summed E-state index contributed by atoms with van der Waals surface area (Å²) in [6, 6.07) is 13.0. The first-order chi connectivity index (χ1) is 15.0. The predicted octanol–water partition coefficient (Wildman–Crippen LogP) is 4.17. The zero-order chi connectivity index (χ0) is 22.0. The maximum atomic E-state index is 13.0. The Morgan fingerprint density at radius 2 is 2.23 bits per heavy atom. The van der Waals surface area contributed by atoms with E-state index in [-0.39, 0.29) is 23.7 Å². The lowest BCUT2D eigenvalue weighted by atomic mass is 9.99. The smallest absolute Gasteiger partial charge is 0.237 e. The molecule has 1 N–H and O–H groups in total. The Hall–Kier alpha value is -3.84. The van der Waals surface area contributed by atoms with E-state index in [1.807, 2.05) is 31.3 Å². The molecule has 3 heterocycles. The summed E-state index contributed by atoms with van der Waals surface area (Å²) in [7, 11) is 0. The summed E-state index contributed by atoms with van der Waals surface area (Å²) in [4.78, 5) is 22.1. The Morgan fingerprint density at radius 1 is 1.39 bits per heavy atom. The summed E-state index contributed by atoms with van der Waals surface area (Å²) in [6.45, 7) is 4.62. The first kappa shape index (κ1) is 20.4. The summed E-state index contributed by atoms with van der Waals surface area (Å²) < 4.78 is 5.85. The fraction of sp³-hybridized carbons (Fsp3) is 0.333. The van der Waals surface area contributed by atoms with E-state index in [1.165, 1.54) is 0 Å². The van der Waals surface area contributed by atoms with E-state index in [0.29, 0.717) is 30.2 Å². The maximum Gasteiger partial charge on any atom is 0.237 e. The molecule has 31 heavy (non-hydrogen) atoms. The highest BCUT2D eigenvalue weighted by Gasteiger charge is 2.35. The van der Waals surface area contributed by atoms with Crippen molar-refractivity contribution in [3.05, 3.63) is 53.9 Å². The highest BCUT2D eigenvalue weighted by molar-refractivity contribution is 5.86. The average Bonchev–Trinajstić information content (AvgIpc) is 3.36. The van der Waals surface area contributed by atoms with Crippen molar-refractivity contribution in [3.63, 3.8) is 0 Å². The number of hydrogen-bond donors (Lipinski definition) is 1. The van der Waals surface area contributed by atoms with Crippen LogP contribution in [0.3, 0.4) is 0 Å². The van der Waals surface area contributed by atoms with Gasteiger partial charge in [-0.2, -0.15) is 10.5 Å². The number of pyridine rings is 1. The molecular formula is C24H23N5O2. The quantitative estimate of drug-likeness (QED) is 0.676.